The predicted molar refractivity (Wildman–Crippen MR) is 64.2 cm³/mol. The summed E-state index contributed by atoms with van der Waals surface area (Å²) in [5.41, 5.74) is 0.898. The van der Waals surface area contributed by atoms with E-state index in [1.165, 1.54) is 6.92 Å². The van der Waals surface area contributed by atoms with Gasteiger partial charge >= 0.3 is 0 Å². The van der Waals surface area contributed by atoms with Crippen LogP contribution in [-0.2, 0) is 21.3 Å². The van der Waals surface area contributed by atoms with Gasteiger partial charge in [-0.05, 0) is 12.0 Å². The van der Waals surface area contributed by atoms with Gasteiger partial charge in [0, 0.05) is 13.0 Å². The zero-order valence-electron chi connectivity index (χ0n) is 9.46. The van der Waals surface area contributed by atoms with E-state index in [2.05, 4.69) is 5.32 Å². The van der Waals surface area contributed by atoms with Crippen LogP contribution in [-0.4, -0.2) is 30.7 Å². The van der Waals surface area contributed by atoms with E-state index < -0.39 is 21.9 Å². The summed E-state index contributed by atoms with van der Waals surface area (Å²) in [5.74, 6) is -0.809. The Hall–Kier alpha value is -1.40. The largest absolute Gasteiger partial charge is 0.352 e. The molecule has 6 heteroatoms. The molecular weight excluding hydrogens is 242 g/mol. The highest BCUT2D eigenvalue weighted by atomic mass is 32.2. The molecule has 1 aromatic carbocycles. The van der Waals surface area contributed by atoms with Crippen LogP contribution in [0, 0.1) is 0 Å². The monoisotopic (exact) mass is 257 g/mol. The van der Waals surface area contributed by atoms with Crippen LogP contribution in [0.25, 0.3) is 0 Å². The van der Waals surface area contributed by atoms with Crippen LogP contribution in [0.2, 0.25) is 0 Å². The summed E-state index contributed by atoms with van der Waals surface area (Å²) in [6, 6.07) is 8.54. The Morgan fingerprint density at radius 2 is 1.94 bits per heavy atom. The van der Waals surface area contributed by atoms with Crippen molar-refractivity contribution in [1.82, 2.24) is 5.32 Å². The zero-order chi connectivity index (χ0) is 12.9. The van der Waals surface area contributed by atoms with E-state index in [1.807, 2.05) is 30.3 Å². The standard InChI is InChI=1S/C11H15NO4S/c1-9(13)12-11(8-17(14,15)16)7-10-5-3-2-4-6-10/h2-6,11H,7-8H2,1H3,(H,12,13)(H,14,15,16)/t11-/m0/s1. The maximum Gasteiger partial charge on any atom is 0.266 e. The molecule has 1 aromatic rings. The van der Waals surface area contributed by atoms with Gasteiger partial charge in [-0.3, -0.25) is 9.35 Å². The summed E-state index contributed by atoms with van der Waals surface area (Å²) < 4.78 is 30.4. The first kappa shape index (κ1) is 13.7. The number of hydrogen-bond donors (Lipinski definition) is 2. The van der Waals surface area contributed by atoms with Gasteiger partial charge in [0.2, 0.25) is 5.91 Å². The molecule has 1 amide bonds. The van der Waals surface area contributed by atoms with Crippen molar-refractivity contribution in [2.75, 3.05) is 5.75 Å². The van der Waals surface area contributed by atoms with Crippen molar-refractivity contribution in [2.24, 2.45) is 0 Å². The Kier molecular flexibility index (Phi) is 4.65. The minimum Gasteiger partial charge on any atom is -0.352 e. The quantitative estimate of drug-likeness (QED) is 0.757. The first-order valence-corrected chi connectivity index (χ1v) is 6.74. The minimum absolute atomic E-state index is 0.324. The van der Waals surface area contributed by atoms with E-state index >= 15 is 0 Å². The summed E-state index contributed by atoms with van der Waals surface area (Å²) >= 11 is 0. The van der Waals surface area contributed by atoms with Gasteiger partial charge in [0.05, 0.1) is 5.75 Å². The molecule has 2 N–H and O–H groups in total. The number of nitrogens with one attached hydrogen (secondary N) is 1. The molecule has 0 fully saturated rings. The maximum absolute atomic E-state index is 10.9. The molecule has 0 heterocycles. The van der Waals surface area contributed by atoms with E-state index in [4.69, 9.17) is 4.55 Å². The lowest BCUT2D eigenvalue weighted by atomic mass is 10.1. The SMILES string of the molecule is CC(=O)N[C@@H](Cc1ccccc1)CS(=O)(=O)O. The molecule has 0 radical (unpaired) electrons. The Bertz CT molecular complexity index is 470. The molecule has 1 atom stereocenters. The molecule has 5 nitrogen and oxygen atoms in total. The molecular formula is C11H15NO4S. The molecule has 0 aromatic heterocycles. The number of hydrogen-bond acceptors (Lipinski definition) is 3. The first-order chi connectivity index (χ1) is 7.87. The van der Waals surface area contributed by atoms with Crippen LogP contribution in [0.3, 0.4) is 0 Å². The lowest BCUT2D eigenvalue weighted by Crippen LogP contribution is -2.40. The van der Waals surface area contributed by atoms with Gasteiger partial charge in [0.25, 0.3) is 10.1 Å². The Morgan fingerprint density at radius 1 is 1.35 bits per heavy atom. The number of rotatable bonds is 5. The van der Waals surface area contributed by atoms with Gasteiger partial charge in [-0.2, -0.15) is 8.42 Å². The number of benzene rings is 1. The van der Waals surface area contributed by atoms with Crippen molar-refractivity contribution in [3.8, 4) is 0 Å². The fourth-order valence-electron chi connectivity index (χ4n) is 1.59. The third kappa shape index (κ3) is 6.03. The maximum atomic E-state index is 10.9. The van der Waals surface area contributed by atoms with Crippen LogP contribution in [0.1, 0.15) is 12.5 Å². The van der Waals surface area contributed by atoms with E-state index in [0.29, 0.717) is 6.42 Å². The van der Waals surface area contributed by atoms with Crippen LogP contribution in [0.15, 0.2) is 30.3 Å². The van der Waals surface area contributed by atoms with Crippen molar-refractivity contribution >= 4 is 16.0 Å². The van der Waals surface area contributed by atoms with Crippen LogP contribution in [0.4, 0.5) is 0 Å². The van der Waals surface area contributed by atoms with Gasteiger partial charge in [-0.15, -0.1) is 0 Å². The third-order valence-electron chi connectivity index (χ3n) is 2.14. The van der Waals surface area contributed by atoms with Crippen LogP contribution < -0.4 is 5.32 Å². The Balaban J connectivity index is 2.74. The van der Waals surface area contributed by atoms with Crippen LogP contribution in [0.5, 0.6) is 0 Å². The highest BCUT2D eigenvalue weighted by molar-refractivity contribution is 7.85. The highest BCUT2D eigenvalue weighted by Crippen LogP contribution is 2.05. The minimum atomic E-state index is -4.10. The van der Waals surface area contributed by atoms with Crippen molar-refractivity contribution in [3.05, 3.63) is 35.9 Å². The highest BCUT2D eigenvalue weighted by Gasteiger charge is 2.18. The summed E-state index contributed by atoms with van der Waals surface area (Å²) in [7, 11) is -4.10. The molecule has 0 bridgehead atoms. The Labute approximate surface area is 101 Å². The Morgan fingerprint density at radius 3 is 2.41 bits per heavy atom. The summed E-state index contributed by atoms with van der Waals surface area (Å²) in [6.45, 7) is 1.31. The van der Waals surface area contributed by atoms with Crippen molar-refractivity contribution in [2.45, 2.75) is 19.4 Å². The molecule has 94 valence electrons. The van der Waals surface area contributed by atoms with Gasteiger partial charge in [-0.25, -0.2) is 0 Å². The van der Waals surface area contributed by atoms with E-state index in [0.717, 1.165) is 5.56 Å². The van der Waals surface area contributed by atoms with E-state index in [1.54, 1.807) is 0 Å². The number of carbonyl (C=O) groups excluding carboxylic acids is 1. The van der Waals surface area contributed by atoms with E-state index in [-0.39, 0.29) is 5.91 Å². The molecule has 0 aliphatic heterocycles. The second-order valence-corrected chi connectivity index (χ2v) is 5.33. The van der Waals surface area contributed by atoms with Crippen molar-refractivity contribution in [1.29, 1.82) is 0 Å². The van der Waals surface area contributed by atoms with E-state index in [9.17, 15) is 13.2 Å². The lowest BCUT2D eigenvalue weighted by Gasteiger charge is -2.16. The smallest absolute Gasteiger partial charge is 0.266 e. The molecule has 0 saturated carbocycles. The normalized spacial score (nSPS) is 13.1. The van der Waals surface area contributed by atoms with Gasteiger partial charge in [0.1, 0.15) is 0 Å². The summed E-state index contributed by atoms with van der Waals surface area (Å²) in [5, 5.41) is 2.51. The first-order valence-electron chi connectivity index (χ1n) is 5.13. The lowest BCUT2D eigenvalue weighted by molar-refractivity contribution is -0.119. The average molecular weight is 257 g/mol. The summed E-state index contributed by atoms with van der Waals surface area (Å²) in [4.78, 5) is 10.9. The van der Waals surface area contributed by atoms with Crippen molar-refractivity contribution < 1.29 is 17.8 Å². The second kappa shape index (κ2) is 5.79. The van der Waals surface area contributed by atoms with Gasteiger partial charge < -0.3 is 5.32 Å². The molecule has 0 aliphatic carbocycles. The number of amides is 1. The molecule has 0 aliphatic rings. The molecule has 17 heavy (non-hydrogen) atoms. The molecule has 1 rings (SSSR count). The average Bonchev–Trinajstić information content (AvgIpc) is 2.15. The van der Waals surface area contributed by atoms with Gasteiger partial charge in [0.15, 0.2) is 0 Å². The van der Waals surface area contributed by atoms with Crippen molar-refractivity contribution in [3.63, 3.8) is 0 Å². The fourth-order valence-corrected chi connectivity index (χ4v) is 2.30. The fraction of sp³-hybridized carbons (Fsp3) is 0.364. The second-order valence-electron chi connectivity index (χ2n) is 3.84. The third-order valence-corrected chi connectivity index (χ3v) is 2.97. The topological polar surface area (TPSA) is 83.5 Å². The molecule has 0 unspecified atom stereocenters. The summed E-state index contributed by atoms with van der Waals surface area (Å²) in [6.07, 6.45) is 0.361. The zero-order valence-corrected chi connectivity index (χ0v) is 10.3. The molecule has 0 saturated heterocycles. The predicted octanol–water partition coefficient (Wildman–Crippen LogP) is 0.622. The van der Waals surface area contributed by atoms with Gasteiger partial charge in [-0.1, -0.05) is 30.3 Å². The van der Waals surface area contributed by atoms with Crippen LogP contribution >= 0.6 is 0 Å². The molecule has 0 spiro atoms. The number of carbonyl (C=O) groups is 1.